The molecule has 1 amide bonds. The van der Waals surface area contributed by atoms with E-state index in [-0.39, 0.29) is 5.91 Å². The van der Waals surface area contributed by atoms with E-state index in [0.717, 1.165) is 49.6 Å². The number of methoxy groups -OCH3 is 1. The van der Waals surface area contributed by atoms with Gasteiger partial charge in [0.1, 0.15) is 11.3 Å². The van der Waals surface area contributed by atoms with Crippen molar-refractivity contribution in [2.75, 3.05) is 50.8 Å². The molecule has 154 valence electrons. The Labute approximate surface area is 173 Å². The number of rotatable bonds is 5. The Balaban J connectivity index is 1.47. The maximum atomic E-state index is 12.8. The fourth-order valence-electron chi connectivity index (χ4n) is 4.50. The van der Waals surface area contributed by atoms with Crippen LogP contribution in [-0.2, 0) is 11.3 Å². The minimum absolute atomic E-state index is 0.161. The highest BCUT2D eigenvalue weighted by molar-refractivity contribution is 5.93. The number of piperidine rings is 1. The number of hydrogen-bond acceptors (Lipinski definition) is 5. The van der Waals surface area contributed by atoms with Crippen LogP contribution in [0.15, 0.2) is 48.5 Å². The van der Waals surface area contributed by atoms with Crippen LogP contribution in [0.5, 0.6) is 5.75 Å². The van der Waals surface area contributed by atoms with E-state index in [2.05, 4.69) is 50.3 Å². The van der Waals surface area contributed by atoms with Crippen molar-refractivity contribution < 1.29 is 9.53 Å². The Morgan fingerprint density at radius 2 is 1.83 bits per heavy atom. The monoisotopic (exact) mass is 394 g/mol. The van der Waals surface area contributed by atoms with Crippen molar-refractivity contribution in [2.24, 2.45) is 0 Å². The topological polar surface area (TPSA) is 48.1 Å². The molecule has 2 heterocycles. The van der Waals surface area contributed by atoms with Gasteiger partial charge in [0.25, 0.3) is 0 Å². The zero-order valence-electron chi connectivity index (χ0n) is 17.5. The molecule has 2 aliphatic heterocycles. The first kappa shape index (κ1) is 19.6. The minimum Gasteiger partial charge on any atom is -0.496 e. The van der Waals surface area contributed by atoms with E-state index in [0.29, 0.717) is 6.67 Å². The van der Waals surface area contributed by atoms with Gasteiger partial charge >= 0.3 is 0 Å². The number of carbonyl (C=O) groups is 1. The van der Waals surface area contributed by atoms with Crippen molar-refractivity contribution in [3.63, 3.8) is 0 Å². The van der Waals surface area contributed by atoms with Crippen LogP contribution in [0.25, 0.3) is 0 Å². The molecule has 0 unspecified atom stereocenters. The van der Waals surface area contributed by atoms with Crippen LogP contribution in [0, 0.1) is 0 Å². The average molecular weight is 395 g/mol. The van der Waals surface area contributed by atoms with Gasteiger partial charge in [-0.05, 0) is 31.0 Å². The van der Waals surface area contributed by atoms with Crippen LogP contribution >= 0.6 is 0 Å². The molecule has 2 aliphatic rings. The van der Waals surface area contributed by atoms with Crippen molar-refractivity contribution in [2.45, 2.75) is 24.9 Å². The van der Waals surface area contributed by atoms with Crippen molar-refractivity contribution in [3.8, 4) is 5.75 Å². The van der Waals surface area contributed by atoms with Crippen LogP contribution in [-0.4, -0.2) is 57.3 Å². The third-order valence-corrected chi connectivity index (χ3v) is 6.27. The molecule has 2 fully saturated rings. The quantitative estimate of drug-likeness (QED) is 0.845. The molecule has 0 radical (unpaired) electrons. The van der Waals surface area contributed by atoms with E-state index in [9.17, 15) is 4.79 Å². The molecule has 6 nitrogen and oxygen atoms in total. The molecule has 2 aromatic rings. The molecule has 29 heavy (non-hydrogen) atoms. The Morgan fingerprint density at radius 1 is 1.10 bits per heavy atom. The fourth-order valence-corrected chi connectivity index (χ4v) is 4.50. The third kappa shape index (κ3) is 3.65. The average Bonchev–Trinajstić information content (AvgIpc) is 3.06. The van der Waals surface area contributed by atoms with Gasteiger partial charge in [0.05, 0.1) is 13.8 Å². The van der Waals surface area contributed by atoms with Crippen LogP contribution < -0.4 is 19.9 Å². The second-order valence-electron chi connectivity index (χ2n) is 8.13. The zero-order valence-corrected chi connectivity index (χ0v) is 17.5. The van der Waals surface area contributed by atoms with Gasteiger partial charge in [-0.15, -0.1) is 0 Å². The lowest BCUT2D eigenvalue weighted by atomic mass is 9.85. The Kier molecular flexibility index (Phi) is 5.37. The first-order chi connectivity index (χ1) is 14.0. The number of likely N-dealkylation sites (tertiary alicyclic amines) is 1. The summed E-state index contributed by atoms with van der Waals surface area (Å²) in [6.07, 6.45) is 1.65. The lowest BCUT2D eigenvalue weighted by molar-refractivity contribution is -0.125. The smallest absolute Gasteiger partial charge is 0.247 e. The number of hydrogen-bond donors (Lipinski definition) is 1. The summed E-state index contributed by atoms with van der Waals surface area (Å²) in [5.41, 5.74) is 2.99. The summed E-state index contributed by atoms with van der Waals surface area (Å²) in [6.45, 7) is 3.19. The van der Waals surface area contributed by atoms with Gasteiger partial charge in [0.2, 0.25) is 5.91 Å². The molecule has 1 N–H and O–H groups in total. The highest BCUT2D eigenvalue weighted by Crippen LogP contribution is 2.37. The highest BCUT2D eigenvalue weighted by atomic mass is 16.5. The van der Waals surface area contributed by atoms with E-state index in [1.807, 2.05) is 32.3 Å². The molecule has 0 atom stereocenters. The number of ether oxygens (including phenoxy) is 1. The highest BCUT2D eigenvalue weighted by Gasteiger charge is 2.50. The van der Waals surface area contributed by atoms with Gasteiger partial charge in [-0.2, -0.15) is 0 Å². The number of para-hydroxylation sites is 1. The van der Waals surface area contributed by atoms with Crippen LogP contribution in [0.1, 0.15) is 18.4 Å². The molecule has 0 saturated carbocycles. The number of nitrogens with one attached hydrogen (secondary N) is 1. The first-order valence-corrected chi connectivity index (χ1v) is 10.2. The molecule has 2 saturated heterocycles. The summed E-state index contributed by atoms with van der Waals surface area (Å²) in [7, 11) is 5.79. The molecule has 0 aliphatic carbocycles. The number of benzene rings is 2. The summed E-state index contributed by atoms with van der Waals surface area (Å²) < 4.78 is 5.64. The Morgan fingerprint density at radius 3 is 2.48 bits per heavy atom. The predicted octanol–water partition coefficient (Wildman–Crippen LogP) is 2.69. The van der Waals surface area contributed by atoms with Gasteiger partial charge < -0.3 is 19.9 Å². The molecule has 1 spiro atoms. The molecular weight excluding hydrogens is 364 g/mol. The number of carbonyl (C=O) groups excluding carboxylic acids is 1. The van der Waals surface area contributed by atoms with E-state index in [4.69, 9.17) is 4.74 Å². The van der Waals surface area contributed by atoms with Crippen molar-refractivity contribution in [3.05, 3.63) is 54.1 Å². The summed E-state index contributed by atoms with van der Waals surface area (Å²) in [4.78, 5) is 19.6. The molecule has 2 aromatic carbocycles. The van der Waals surface area contributed by atoms with E-state index >= 15 is 0 Å². The third-order valence-electron chi connectivity index (χ3n) is 6.27. The van der Waals surface area contributed by atoms with E-state index in [1.54, 1.807) is 7.11 Å². The predicted molar refractivity (Wildman–Crippen MR) is 116 cm³/mol. The molecule has 6 heteroatoms. The summed E-state index contributed by atoms with van der Waals surface area (Å²) in [5.74, 6) is 1.08. The second kappa shape index (κ2) is 7.95. The SMILES string of the molecule is COc1cc(N(C)C)ccc1CN1CCC2(CC1)C(=O)NCN2c1ccccc1. The molecule has 0 bridgehead atoms. The maximum absolute atomic E-state index is 12.8. The summed E-state index contributed by atoms with van der Waals surface area (Å²) >= 11 is 0. The second-order valence-corrected chi connectivity index (χ2v) is 8.13. The van der Waals surface area contributed by atoms with Gasteiger partial charge in [0, 0.05) is 56.7 Å². The number of amides is 1. The summed E-state index contributed by atoms with van der Waals surface area (Å²) in [6, 6.07) is 16.6. The lowest BCUT2D eigenvalue weighted by Crippen LogP contribution is -2.56. The van der Waals surface area contributed by atoms with Gasteiger partial charge in [-0.1, -0.05) is 24.3 Å². The van der Waals surface area contributed by atoms with E-state index in [1.165, 1.54) is 5.56 Å². The minimum atomic E-state index is -0.434. The molecular formula is C23H30N4O2. The van der Waals surface area contributed by atoms with Crippen LogP contribution in [0.3, 0.4) is 0 Å². The van der Waals surface area contributed by atoms with Gasteiger partial charge in [-0.25, -0.2) is 0 Å². The first-order valence-electron chi connectivity index (χ1n) is 10.2. The fraction of sp³-hybridized carbons (Fsp3) is 0.435. The lowest BCUT2D eigenvalue weighted by Gasteiger charge is -2.43. The Hall–Kier alpha value is -2.73. The maximum Gasteiger partial charge on any atom is 0.247 e. The molecule has 0 aromatic heterocycles. The van der Waals surface area contributed by atoms with Gasteiger partial charge in [-0.3, -0.25) is 9.69 Å². The van der Waals surface area contributed by atoms with Crippen molar-refractivity contribution >= 4 is 17.3 Å². The van der Waals surface area contributed by atoms with Crippen LogP contribution in [0.4, 0.5) is 11.4 Å². The van der Waals surface area contributed by atoms with Gasteiger partial charge in [0.15, 0.2) is 0 Å². The van der Waals surface area contributed by atoms with Crippen molar-refractivity contribution in [1.29, 1.82) is 0 Å². The normalized spacial score (nSPS) is 18.7. The summed E-state index contributed by atoms with van der Waals surface area (Å²) in [5, 5.41) is 3.07. The number of anilines is 2. The number of nitrogens with zero attached hydrogens (tertiary/aromatic N) is 3. The van der Waals surface area contributed by atoms with Crippen LogP contribution in [0.2, 0.25) is 0 Å². The standard InChI is InChI=1S/C23H30N4O2/c1-25(2)20-10-9-18(21(15-20)29-3)16-26-13-11-23(12-14-26)22(28)24-17-27(23)19-7-5-4-6-8-19/h4-10,15H,11-14,16-17H2,1-3H3,(H,24,28). The largest absolute Gasteiger partial charge is 0.496 e. The van der Waals surface area contributed by atoms with E-state index < -0.39 is 5.54 Å². The van der Waals surface area contributed by atoms with Crippen molar-refractivity contribution in [1.82, 2.24) is 10.2 Å². The Bertz CT molecular complexity index is 860. The zero-order chi connectivity index (χ0) is 20.4. The molecule has 4 rings (SSSR count).